The van der Waals surface area contributed by atoms with Crippen LogP contribution in [-0.2, 0) is 12.8 Å². The summed E-state index contributed by atoms with van der Waals surface area (Å²) in [5.41, 5.74) is 3.60. The molecule has 0 atom stereocenters. The molecule has 0 amide bonds. The Hall–Kier alpha value is -1.77. The fourth-order valence-electron chi connectivity index (χ4n) is 2.76. The highest BCUT2D eigenvalue weighted by atomic mass is 19.2. The number of halogens is 3. The van der Waals surface area contributed by atoms with Crippen LogP contribution in [0.4, 0.5) is 13.2 Å². The van der Waals surface area contributed by atoms with Crippen molar-refractivity contribution in [3.05, 3.63) is 58.9 Å². The Balaban J connectivity index is 2.17. The first kappa shape index (κ1) is 12.3. The second kappa shape index (κ2) is 4.72. The number of aryl methyl sites for hydroxylation is 1. The van der Waals surface area contributed by atoms with Crippen molar-refractivity contribution in [1.29, 1.82) is 0 Å². The van der Waals surface area contributed by atoms with Crippen LogP contribution in [0.2, 0.25) is 0 Å². The first-order chi connectivity index (χ1) is 9.16. The van der Waals surface area contributed by atoms with Crippen LogP contribution in [0.5, 0.6) is 0 Å². The number of hydrogen-bond acceptors (Lipinski definition) is 0. The third kappa shape index (κ3) is 2.14. The first-order valence-corrected chi connectivity index (χ1v) is 6.42. The maximum Gasteiger partial charge on any atom is 0.194 e. The maximum atomic E-state index is 13.3. The zero-order chi connectivity index (χ0) is 13.4. The fraction of sp³-hybridized carbons (Fsp3) is 0.250. The molecular formula is C16H13F3. The van der Waals surface area contributed by atoms with Crippen molar-refractivity contribution in [2.45, 2.75) is 25.7 Å². The van der Waals surface area contributed by atoms with Crippen molar-refractivity contribution < 1.29 is 13.2 Å². The quantitative estimate of drug-likeness (QED) is 0.656. The Morgan fingerprint density at radius 3 is 2.26 bits per heavy atom. The summed E-state index contributed by atoms with van der Waals surface area (Å²) >= 11 is 0. The van der Waals surface area contributed by atoms with E-state index >= 15 is 0 Å². The van der Waals surface area contributed by atoms with Crippen molar-refractivity contribution in [2.24, 2.45) is 0 Å². The lowest BCUT2D eigenvalue weighted by molar-refractivity contribution is 0.447. The molecule has 2 aromatic rings. The van der Waals surface area contributed by atoms with Gasteiger partial charge in [-0.25, -0.2) is 13.2 Å². The molecule has 3 rings (SSSR count). The Morgan fingerprint density at radius 1 is 0.842 bits per heavy atom. The molecule has 1 aliphatic carbocycles. The highest BCUT2D eigenvalue weighted by Crippen LogP contribution is 2.32. The van der Waals surface area contributed by atoms with Gasteiger partial charge < -0.3 is 0 Å². The van der Waals surface area contributed by atoms with Gasteiger partial charge in [0.2, 0.25) is 0 Å². The summed E-state index contributed by atoms with van der Waals surface area (Å²) in [4.78, 5) is 0. The minimum absolute atomic E-state index is 0.412. The van der Waals surface area contributed by atoms with Gasteiger partial charge in [-0.1, -0.05) is 18.2 Å². The topological polar surface area (TPSA) is 0 Å². The smallest absolute Gasteiger partial charge is 0.194 e. The van der Waals surface area contributed by atoms with Gasteiger partial charge >= 0.3 is 0 Å². The number of hydrogen-bond donors (Lipinski definition) is 0. The predicted molar refractivity (Wildman–Crippen MR) is 68.4 cm³/mol. The molecule has 0 heterocycles. The molecule has 0 radical (unpaired) electrons. The largest absolute Gasteiger partial charge is 0.204 e. The monoisotopic (exact) mass is 262 g/mol. The van der Waals surface area contributed by atoms with E-state index in [1.165, 1.54) is 5.56 Å². The normalized spacial score (nSPS) is 14.3. The average molecular weight is 262 g/mol. The fourth-order valence-corrected chi connectivity index (χ4v) is 2.76. The van der Waals surface area contributed by atoms with Gasteiger partial charge in [-0.15, -0.1) is 0 Å². The summed E-state index contributed by atoms with van der Waals surface area (Å²) in [5, 5.41) is 0. The van der Waals surface area contributed by atoms with Crippen molar-refractivity contribution >= 4 is 0 Å². The first-order valence-electron chi connectivity index (χ1n) is 6.42. The van der Waals surface area contributed by atoms with E-state index in [1.807, 2.05) is 18.2 Å². The maximum absolute atomic E-state index is 13.3. The molecule has 3 heteroatoms. The zero-order valence-corrected chi connectivity index (χ0v) is 10.3. The van der Waals surface area contributed by atoms with Crippen LogP contribution in [-0.4, -0.2) is 0 Å². The summed E-state index contributed by atoms with van der Waals surface area (Å²) in [6.45, 7) is 0. The van der Waals surface area contributed by atoms with Crippen LogP contribution >= 0.6 is 0 Å². The molecule has 1 aliphatic rings. The molecule has 19 heavy (non-hydrogen) atoms. The molecule has 0 nitrogen and oxygen atoms in total. The molecule has 0 N–H and O–H groups in total. The van der Waals surface area contributed by atoms with E-state index in [0.29, 0.717) is 5.56 Å². The molecule has 0 fully saturated rings. The van der Waals surface area contributed by atoms with Crippen LogP contribution in [0.15, 0.2) is 30.3 Å². The Morgan fingerprint density at radius 2 is 1.53 bits per heavy atom. The number of rotatable bonds is 1. The lowest BCUT2D eigenvalue weighted by Gasteiger charge is -2.19. The van der Waals surface area contributed by atoms with Crippen LogP contribution in [0, 0.1) is 17.5 Å². The van der Waals surface area contributed by atoms with E-state index in [2.05, 4.69) is 0 Å². The summed E-state index contributed by atoms with van der Waals surface area (Å²) in [6, 6.07) is 7.93. The third-order valence-electron chi connectivity index (χ3n) is 3.69. The van der Waals surface area contributed by atoms with Gasteiger partial charge in [0.05, 0.1) is 0 Å². The van der Waals surface area contributed by atoms with E-state index in [-0.39, 0.29) is 0 Å². The van der Waals surface area contributed by atoms with Crippen LogP contribution in [0.1, 0.15) is 24.0 Å². The van der Waals surface area contributed by atoms with Gasteiger partial charge in [0.1, 0.15) is 0 Å². The number of benzene rings is 2. The van der Waals surface area contributed by atoms with Gasteiger partial charge in [0, 0.05) is 0 Å². The molecule has 0 saturated carbocycles. The van der Waals surface area contributed by atoms with Gasteiger partial charge in [0.15, 0.2) is 17.5 Å². The van der Waals surface area contributed by atoms with Gasteiger partial charge in [-0.05, 0) is 60.1 Å². The molecule has 0 saturated heterocycles. The molecule has 0 aliphatic heterocycles. The highest BCUT2D eigenvalue weighted by Gasteiger charge is 2.17. The number of fused-ring (bicyclic) bond motifs is 1. The summed E-state index contributed by atoms with van der Waals surface area (Å²) in [5.74, 6) is -3.68. The molecule has 0 bridgehead atoms. The predicted octanol–water partition coefficient (Wildman–Crippen LogP) is 4.65. The minimum Gasteiger partial charge on any atom is -0.204 e. The molecular weight excluding hydrogens is 249 g/mol. The average Bonchev–Trinajstić information content (AvgIpc) is 2.43. The zero-order valence-electron chi connectivity index (χ0n) is 10.3. The standard InChI is InChI=1S/C16H13F3/c17-14-8-11(9-15(18)16(14)19)13-7-3-5-10-4-1-2-6-12(10)13/h3,5,7-9H,1-2,4,6H2. The van der Waals surface area contributed by atoms with E-state index in [4.69, 9.17) is 0 Å². The summed E-state index contributed by atoms with van der Waals surface area (Å²) in [7, 11) is 0. The molecule has 0 aromatic heterocycles. The molecule has 0 spiro atoms. The highest BCUT2D eigenvalue weighted by molar-refractivity contribution is 5.69. The van der Waals surface area contributed by atoms with Crippen molar-refractivity contribution in [3.63, 3.8) is 0 Å². The van der Waals surface area contributed by atoms with Crippen molar-refractivity contribution in [3.8, 4) is 11.1 Å². The second-order valence-electron chi connectivity index (χ2n) is 4.90. The van der Waals surface area contributed by atoms with Gasteiger partial charge in [-0.3, -0.25) is 0 Å². The molecule has 98 valence electrons. The van der Waals surface area contributed by atoms with Crippen LogP contribution in [0.3, 0.4) is 0 Å². The summed E-state index contributed by atoms with van der Waals surface area (Å²) < 4.78 is 39.7. The minimum atomic E-state index is -1.41. The third-order valence-corrected chi connectivity index (χ3v) is 3.69. The Labute approximate surface area is 109 Å². The molecule has 2 aromatic carbocycles. The molecule has 0 unspecified atom stereocenters. The van der Waals surface area contributed by atoms with Gasteiger partial charge in [0.25, 0.3) is 0 Å². The van der Waals surface area contributed by atoms with E-state index in [0.717, 1.165) is 48.9 Å². The lowest BCUT2D eigenvalue weighted by Crippen LogP contribution is -2.04. The van der Waals surface area contributed by atoms with Crippen LogP contribution < -0.4 is 0 Å². The van der Waals surface area contributed by atoms with Crippen molar-refractivity contribution in [1.82, 2.24) is 0 Å². The SMILES string of the molecule is Fc1cc(-c2cccc3c2CCCC3)cc(F)c1F. The van der Waals surface area contributed by atoms with E-state index in [1.54, 1.807) is 0 Å². The van der Waals surface area contributed by atoms with Crippen molar-refractivity contribution in [2.75, 3.05) is 0 Å². The second-order valence-corrected chi connectivity index (χ2v) is 4.90. The summed E-state index contributed by atoms with van der Waals surface area (Å²) in [6.07, 6.45) is 4.13. The van der Waals surface area contributed by atoms with E-state index < -0.39 is 17.5 Å². The Kier molecular flexibility index (Phi) is 3.05. The Bertz CT molecular complexity index is 609. The van der Waals surface area contributed by atoms with Gasteiger partial charge in [-0.2, -0.15) is 0 Å². The van der Waals surface area contributed by atoms with E-state index in [9.17, 15) is 13.2 Å². The lowest BCUT2D eigenvalue weighted by atomic mass is 9.86. The van der Waals surface area contributed by atoms with Crippen LogP contribution in [0.25, 0.3) is 11.1 Å².